The van der Waals surface area contributed by atoms with Gasteiger partial charge in [0.2, 0.25) is 0 Å². The molecule has 2 heterocycles. The molecule has 72 valence electrons. The Balaban J connectivity index is 0.000000336. The van der Waals surface area contributed by atoms with E-state index in [2.05, 4.69) is 11.8 Å². The van der Waals surface area contributed by atoms with E-state index < -0.39 is 0 Å². The average molecular weight is 171 g/mol. The van der Waals surface area contributed by atoms with E-state index in [-0.39, 0.29) is 0 Å². The molecule has 0 bridgehead atoms. The van der Waals surface area contributed by atoms with Crippen LogP contribution in [0.25, 0.3) is 0 Å². The zero-order valence-corrected chi connectivity index (χ0v) is 8.55. The van der Waals surface area contributed by atoms with Gasteiger partial charge in [0.1, 0.15) is 0 Å². The van der Waals surface area contributed by atoms with Gasteiger partial charge in [0.05, 0.1) is 13.2 Å². The van der Waals surface area contributed by atoms with Crippen molar-refractivity contribution in [1.82, 2.24) is 4.90 Å². The van der Waals surface area contributed by atoms with Crippen LogP contribution in [0.4, 0.5) is 0 Å². The van der Waals surface area contributed by atoms with Gasteiger partial charge in [-0.1, -0.05) is 20.8 Å². The highest BCUT2D eigenvalue weighted by Gasteiger charge is 2.32. The van der Waals surface area contributed by atoms with Crippen molar-refractivity contribution in [2.24, 2.45) is 5.92 Å². The smallest absolute Gasteiger partial charge is 0.0625 e. The maximum Gasteiger partial charge on any atom is 0.0625 e. The molecule has 0 aromatic heterocycles. The van der Waals surface area contributed by atoms with Gasteiger partial charge in [0.25, 0.3) is 0 Å². The van der Waals surface area contributed by atoms with Crippen molar-refractivity contribution < 1.29 is 4.74 Å². The number of nitrogens with zero attached hydrogens (tertiary/aromatic N) is 1. The van der Waals surface area contributed by atoms with Crippen molar-refractivity contribution in [3.05, 3.63) is 0 Å². The van der Waals surface area contributed by atoms with Gasteiger partial charge in [-0.2, -0.15) is 0 Å². The van der Waals surface area contributed by atoms with Crippen LogP contribution in [0.15, 0.2) is 0 Å². The van der Waals surface area contributed by atoms with Gasteiger partial charge in [-0.3, -0.25) is 4.90 Å². The molecule has 2 saturated heterocycles. The highest BCUT2D eigenvalue weighted by molar-refractivity contribution is 4.86. The van der Waals surface area contributed by atoms with E-state index in [0.717, 1.165) is 31.7 Å². The lowest BCUT2D eigenvalue weighted by Crippen LogP contribution is -2.42. The first-order chi connectivity index (χ1) is 5.88. The number of hydrogen-bond acceptors (Lipinski definition) is 2. The fourth-order valence-electron chi connectivity index (χ4n) is 2.02. The first-order valence-corrected chi connectivity index (χ1v) is 5.20. The van der Waals surface area contributed by atoms with E-state index >= 15 is 0 Å². The highest BCUT2D eigenvalue weighted by atomic mass is 16.5. The summed E-state index contributed by atoms with van der Waals surface area (Å²) in [4.78, 5) is 2.56. The lowest BCUT2D eigenvalue weighted by atomic mass is 10.0. The van der Waals surface area contributed by atoms with Gasteiger partial charge in [-0.25, -0.2) is 0 Å². The second kappa shape index (κ2) is 4.83. The monoisotopic (exact) mass is 171 g/mol. The molecule has 0 radical (unpaired) electrons. The molecule has 2 aliphatic heterocycles. The van der Waals surface area contributed by atoms with Crippen LogP contribution in [-0.2, 0) is 4.74 Å². The first-order valence-electron chi connectivity index (χ1n) is 5.20. The lowest BCUT2D eigenvalue weighted by molar-refractivity contribution is 0.00272. The Morgan fingerprint density at radius 3 is 2.67 bits per heavy atom. The second-order valence-electron chi connectivity index (χ2n) is 3.44. The van der Waals surface area contributed by atoms with Gasteiger partial charge in [0, 0.05) is 12.6 Å². The summed E-state index contributed by atoms with van der Waals surface area (Å²) in [6.45, 7) is 10.7. The predicted octanol–water partition coefficient (Wildman–Crippen LogP) is 1.75. The Kier molecular flexibility index (Phi) is 4.02. The quantitative estimate of drug-likeness (QED) is 0.550. The molecule has 2 fully saturated rings. The normalized spacial score (nSPS) is 35.2. The van der Waals surface area contributed by atoms with Crippen molar-refractivity contribution in [3.8, 4) is 0 Å². The molecular weight excluding hydrogens is 150 g/mol. The second-order valence-corrected chi connectivity index (χ2v) is 3.44. The van der Waals surface area contributed by atoms with Crippen molar-refractivity contribution >= 4 is 0 Å². The minimum atomic E-state index is 0.744. The molecule has 0 aromatic rings. The SMILES string of the molecule is CC.CC1CCN2CCOCC12. The zero-order valence-electron chi connectivity index (χ0n) is 8.55. The third-order valence-corrected chi connectivity index (χ3v) is 2.81. The maximum absolute atomic E-state index is 5.41. The van der Waals surface area contributed by atoms with Crippen molar-refractivity contribution in [2.45, 2.75) is 33.2 Å². The van der Waals surface area contributed by atoms with Crippen LogP contribution in [0.3, 0.4) is 0 Å². The molecule has 0 aliphatic carbocycles. The van der Waals surface area contributed by atoms with Crippen LogP contribution in [-0.4, -0.2) is 37.2 Å². The molecule has 2 heteroatoms. The fourth-order valence-corrected chi connectivity index (χ4v) is 2.02. The number of morpholine rings is 1. The van der Waals surface area contributed by atoms with E-state index in [1.54, 1.807) is 0 Å². The van der Waals surface area contributed by atoms with Crippen LogP contribution >= 0.6 is 0 Å². The van der Waals surface area contributed by atoms with Gasteiger partial charge < -0.3 is 4.74 Å². The van der Waals surface area contributed by atoms with Crippen molar-refractivity contribution in [2.75, 3.05) is 26.3 Å². The summed E-state index contributed by atoms with van der Waals surface area (Å²) in [5.74, 6) is 0.861. The lowest BCUT2D eigenvalue weighted by Gasteiger charge is -2.31. The Bertz CT molecular complexity index is 125. The molecule has 0 N–H and O–H groups in total. The van der Waals surface area contributed by atoms with Crippen LogP contribution in [0.5, 0.6) is 0 Å². The van der Waals surface area contributed by atoms with E-state index in [9.17, 15) is 0 Å². The van der Waals surface area contributed by atoms with Crippen LogP contribution in [0, 0.1) is 5.92 Å². The molecule has 2 unspecified atom stereocenters. The first kappa shape index (κ1) is 10.0. The minimum absolute atomic E-state index is 0.744. The number of rotatable bonds is 0. The molecule has 2 nitrogen and oxygen atoms in total. The third-order valence-electron chi connectivity index (χ3n) is 2.81. The van der Waals surface area contributed by atoms with Gasteiger partial charge in [-0.15, -0.1) is 0 Å². The molecule has 0 spiro atoms. The summed E-state index contributed by atoms with van der Waals surface area (Å²) in [5, 5.41) is 0. The van der Waals surface area contributed by atoms with E-state index in [4.69, 9.17) is 4.74 Å². The third kappa shape index (κ3) is 1.99. The van der Waals surface area contributed by atoms with Gasteiger partial charge >= 0.3 is 0 Å². The van der Waals surface area contributed by atoms with Crippen LogP contribution in [0.1, 0.15) is 27.2 Å². The Morgan fingerprint density at radius 1 is 1.25 bits per heavy atom. The van der Waals surface area contributed by atoms with Gasteiger partial charge in [-0.05, 0) is 18.9 Å². The molecule has 0 aromatic carbocycles. The molecule has 2 atom stereocenters. The van der Waals surface area contributed by atoms with Crippen LogP contribution < -0.4 is 0 Å². The van der Waals surface area contributed by atoms with E-state index in [0.29, 0.717) is 0 Å². The Labute approximate surface area is 75.9 Å². The van der Waals surface area contributed by atoms with Crippen molar-refractivity contribution in [1.29, 1.82) is 0 Å². The Hall–Kier alpha value is -0.0800. The summed E-state index contributed by atoms with van der Waals surface area (Å²) < 4.78 is 5.41. The standard InChI is InChI=1S/C8H15NO.C2H6/c1-7-2-3-9-4-5-10-6-8(7)9;1-2/h7-8H,2-6H2,1H3;1-2H3. The zero-order chi connectivity index (χ0) is 8.97. The van der Waals surface area contributed by atoms with E-state index in [1.807, 2.05) is 13.8 Å². The number of fused-ring (bicyclic) bond motifs is 1. The van der Waals surface area contributed by atoms with E-state index in [1.165, 1.54) is 13.0 Å². The molecule has 0 saturated carbocycles. The molecule has 0 amide bonds. The summed E-state index contributed by atoms with van der Waals surface area (Å²) in [6, 6.07) is 0.744. The molecule has 2 aliphatic rings. The number of ether oxygens (including phenoxy) is 1. The molecular formula is C10H21NO. The summed E-state index contributed by atoms with van der Waals surface area (Å²) in [7, 11) is 0. The maximum atomic E-state index is 5.41. The molecule has 2 rings (SSSR count). The fraction of sp³-hybridized carbons (Fsp3) is 1.00. The van der Waals surface area contributed by atoms with Crippen molar-refractivity contribution in [3.63, 3.8) is 0 Å². The summed E-state index contributed by atoms with van der Waals surface area (Å²) >= 11 is 0. The molecule has 12 heavy (non-hydrogen) atoms. The topological polar surface area (TPSA) is 12.5 Å². The largest absolute Gasteiger partial charge is 0.378 e. The average Bonchev–Trinajstić information content (AvgIpc) is 2.53. The Morgan fingerprint density at radius 2 is 2.00 bits per heavy atom. The summed E-state index contributed by atoms with van der Waals surface area (Å²) in [6.07, 6.45) is 1.37. The highest BCUT2D eigenvalue weighted by Crippen LogP contribution is 2.25. The van der Waals surface area contributed by atoms with Crippen LogP contribution in [0.2, 0.25) is 0 Å². The summed E-state index contributed by atoms with van der Waals surface area (Å²) in [5.41, 5.74) is 0. The minimum Gasteiger partial charge on any atom is -0.378 e. The van der Waals surface area contributed by atoms with Gasteiger partial charge in [0.15, 0.2) is 0 Å². The number of hydrogen-bond donors (Lipinski definition) is 0. The predicted molar refractivity (Wildman–Crippen MR) is 51.3 cm³/mol.